The van der Waals surface area contributed by atoms with Crippen LogP contribution >= 0.6 is 11.8 Å². The quantitative estimate of drug-likeness (QED) is 0.526. The predicted molar refractivity (Wildman–Crippen MR) is 89.7 cm³/mol. The molecule has 3 aromatic rings. The Balaban J connectivity index is 1.63. The summed E-state index contributed by atoms with van der Waals surface area (Å²) in [5.74, 6) is 1.69. The number of nitrogens with zero attached hydrogens (tertiary/aromatic N) is 5. The molecule has 0 bridgehead atoms. The third-order valence-electron chi connectivity index (χ3n) is 3.37. The van der Waals surface area contributed by atoms with E-state index in [4.69, 9.17) is 4.74 Å². The summed E-state index contributed by atoms with van der Waals surface area (Å²) in [6, 6.07) is 12.4. The van der Waals surface area contributed by atoms with E-state index in [1.165, 1.54) is 15.1 Å². The van der Waals surface area contributed by atoms with Crippen molar-refractivity contribution < 1.29 is 4.74 Å². The van der Waals surface area contributed by atoms with Crippen LogP contribution in [0.2, 0.25) is 0 Å². The van der Waals surface area contributed by atoms with Crippen molar-refractivity contribution in [1.29, 1.82) is 0 Å². The van der Waals surface area contributed by atoms with Gasteiger partial charge < -0.3 is 10.1 Å². The van der Waals surface area contributed by atoms with E-state index in [-0.39, 0.29) is 6.04 Å². The van der Waals surface area contributed by atoms with E-state index in [0.717, 1.165) is 18.2 Å². The summed E-state index contributed by atoms with van der Waals surface area (Å²) in [6.07, 6.45) is 0. The van der Waals surface area contributed by atoms with Crippen LogP contribution in [0.15, 0.2) is 41.3 Å². The monoisotopic (exact) mass is 330 g/mol. The predicted octanol–water partition coefficient (Wildman–Crippen LogP) is 2.43. The molecule has 2 aromatic heterocycles. The number of nitrogens with one attached hydrogen (secondary N) is 1. The van der Waals surface area contributed by atoms with Gasteiger partial charge in [-0.1, -0.05) is 12.1 Å². The van der Waals surface area contributed by atoms with E-state index in [0.29, 0.717) is 5.65 Å². The molecule has 0 radical (unpaired) electrons. The van der Waals surface area contributed by atoms with Crippen molar-refractivity contribution in [2.75, 3.05) is 24.8 Å². The maximum Gasteiger partial charge on any atom is 0.200 e. The molecule has 0 aliphatic heterocycles. The molecule has 2 heterocycles. The third-order valence-corrected chi connectivity index (χ3v) is 4.35. The molecule has 8 heteroatoms. The van der Waals surface area contributed by atoms with E-state index in [2.05, 4.69) is 57.1 Å². The number of thioether (sulfide) groups is 1. The Morgan fingerprint density at radius 1 is 1.22 bits per heavy atom. The summed E-state index contributed by atoms with van der Waals surface area (Å²) < 4.78 is 6.47. The molecule has 0 aliphatic rings. The smallest absolute Gasteiger partial charge is 0.200 e. The van der Waals surface area contributed by atoms with Gasteiger partial charge in [-0.25, -0.2) is 0 Å². The normalized spacial score (nSPS) is 12.4. The van der Waals surface area contributed by atoms with Gasteiger partial charge in [-0.15, -0.1) is 26.6 Å². The van der Waals surface area contributed by atoms with E-state index < -0.39 is 0 Å². The first-order valence-electron chi connectivity index (χ1n) is 7.30. The molecule has 0 saturated carbocycles. The summed E-state index contributed by atoms with van der Waals surface area (Å²) in [5, 5.41) is 18.9. The van der Waals surface area contributed by atoms with Crippen LogP contribution in [0.5, 0.6) is 0 Å². The van der Waals surface area contributed by atoms with Gasteiger partial charge in [0.15, 0.2) is 5.65 Å². The van der Waals surface area contributed by atoms with Gasteiger partial charge in [-0.3, -0.25) is 0 Å². The molecule has 1 atom stereocenters. The highest BCUT2D eigenvalue weighted by atomic mass is 32.2. The van der Waals surface area contributed by atoms with Crippen LogP contribution in [0.25, 0.3) is 5.65 Å². The van der Waals surface area contributed by atoms with E-state index in [1.54, 1.807) is 18.9 Å². The molecular weight excluding hydrogens is 312 g/mol. The van der Waals surface area contributed by atoms with Crippen LogP contribution < -0.4 is 5.32 Å². The fourth-order valence-corrected chi connectivity index (χ4v) is 2.94. The van der Waals surface area contributed by atoms with Crippen LogP contribution in [0.3, 0.4) is 0 Å². The Hall–Kier alpha value is -2.19. The topological polar surface area (TPSA) is 77.2 Å². The molecule has 1 N–H and O–H groups in total. The van der Waals surface area contributed by atoms with Gasteiger partial charge in [-0.05, 0) is 47.2 Å². The Bertz CT molecular complexity index is 760. The Morgan fingerprint density at radius 2 is 2.04 bits per heavy atom. The minimum atomic E-state index is 0.134. The largest absolute Gasteiger partial charge is 0.384 e. The molecule has 0 aliphatic carbocycles. The first-order chi connectivity index (χ1) is 11.3. The highest BCUT2D eigenvalue weighted by molar-refractivity contribution is 7.99. The zero-order valence-corrected chi connectivity index (χ0v) is 13.8. The van der Waals surface area contributed by atoms with E-state index in [1.807, 2.05) is 12.1 Å². The van der Waals surface area contributed by atoms with Gasteiger partial charge in [0.25, 0.3) is 0 Å². The number of hydrogen-bond donors (Lipinski definition) is 1. The Kier molecular flexibility index (Phi) is 5.04. The number of hydrogen-bond acceptors (Lipinski definition) is 7. The second-order valence-corrected chi connectivity index (χ2v) is 6.19. The summed E-state index contributed by atoms with van der Waals surface area (Å²) >= 11 is 1.79. The van der Waals surface area contributed by atoms with Crippen LogP contribution in [0.1, 0.15) is 18.5 Å². The fraction of sp³-hybridized carbons (Fsp3) is 0.333. The summed E-state index contributed by atoms with van der Waals surface area (Å²) in [5.41, 5.74) is 1.82. The SMILES string of the molecule is COCCSc1ccc(C(C)Nc2ccc3nnnn3n2)cc1. The Morgan fingerprint density at radius 3 is 2.83 bits per heavy atom. The minimum Gasteiger partial charge on any atom is -0.384 e. The van der Waals surface area contributed by atoms with Crippen LogP contribution in [0.4, 0.5) is 5.82 Å². The molecule has 0 amide bonds. The number of aromatic nitrogens is 5. The second kappa shape index (κ2) is 7.38. The fourth-order valence-electron chi connectivity index (χ4n) is 2.13. The molecule has 3 rings (SSSR count). The molecule has 0 fully saturated rings. The van der Waals surface area contributed by atoms with E-state index in [9.17, 15) is 0 Å². The molecular formula is C15H18N6OS. The maximum atomic E-state index is 5.06. The highest BCUT2D eigenvalue weighted by Gasteiger charge is 2.08. The number of methoxy groups -OCH3 is 1. The van der Waals surface area contributed by atoms with Crippen LogP contribution in [-0.4, -0.2) is 44.7 Å². The summed E-state index contributed by atoms with van der Waals surface area (Å²) in [4.78, 5) is 1.24. The lowest BCUT2D eigenvalue weighted by Crippen LogP contribution is -2.09. The number of rotatable bonds is 7. The zero-order chi connectivity index (χ0) is 16.1. The Labute approximate surface area is 138 Å². The lowest BCUT2D eigenvalue weighted by molar-refractivity contribution is 0.218. The molecule has 120 valence electrons. The van der Waals surface area contributed by atoms with Crippen molar-refractivity contribution in [2.45, 2.75) is 17.9 Å². The van der Waals surface area contributed by atoms with Crippen molar-refractivity contribution in [3.05, 3.63) is 42.0 Å². The van der Waals surface area contributed by atoms with Gasteiger partial charge in [0.1, 0.15) is 5.82 Å². The summed E-state index contributed by atoms with van der Waals surface area (Å²) in [6.45, 7) is 2.86. The number of fused-ring (bicyclic) bond motifs is 1. The standard InChI is InChI=1S/C15H18N6OS/c1-11(12-3-5-13(6-4-12)23-10-9-22-2)16-14-7-8-15-17-19-20-21(15)18-14/h3-8,11H,9-10H2,1-2H3,(H,16,18). The van der Waals surface area contributed by atoms with Crippen molar-refractivity contribution in [1.82, 2.24) is 25.3 Å². The molecule has 1 unspecified atom stereocenters. The van der Waals surface area contributed by atoms with E-state index >= 15 is 0 Å². The summed E-state index contributed by atoms with van der Waals surface area (Å²) in [7, 11) is 1.72. The number of ether oxygens (including phenoxy) is 1. The lowest BCUT2D eigenvalue weighted by Gasteiger charge is -2.15. The maximum absolute atomic E-state index is 5.06. The van der Waals surface area contributed by atoms with Gasteiger partial charge in [0.05, 0.1) is 6.61 Å². The van der Waals surface area contributed by atoms with Crippen molar-refractivity contribution in [3.63, 3.8) is 0 Å². The molecule has 0 saturated heterocycles. The number of tetrazole rings is 1. The van der Waals surface area contributed by atoms with Crippen LogP contribution in [0, 0.1) is 0 Å². The molecule has 0 spiro atoms. The van der Waals surface area contributed by atoms with Crippen molar-refractivity contribution in [2.24, 2.45) is 0 Å². The van der Waals surface area contributed by atoms with Gasteiger partial charge >= 0.3 is 0 Å². The third kappa shape index (κ3) is 3.96. The van der Waals surface area contributed by atoms with Gasteiger partial charge in [0.2, 0.25) is 0 Å². The van der Waals surface area contributed by atoms with Crippen LogP contribution in [-0.2, 0) is 4.74 Å². The highest BCUT2D eigenvalue weighted by Crippen LogP contribution is 2.22. The minimum absolute atomic E-state index is 0.134. The molecule has 1 aromatic carbocycles. The first-order valence-corrected chi connectivity index (χ1v) is 8.28. The average Bonchev–Trinajstić information content (AvgIpc) is 3.03. The second-order valence-electron chi connectivity index (χ2n) is 5.02. The van der Waals surface area contributed by atoms with Gasteiger partial charge in [-0.2, -0.15) is 0 Å². The molecule has 23 heavy (non-hydrogen) atoms. The van der Waals surface area contributed by atoms with Crippen molar-refractivity contribution in [3.8, 4) is 0 Å². The number of benzene rings is 1. The van der Waals surface area contributed by atoms with Gasteiger partial charge in [0, 0.05) is 23.8 Å². The van der Waals surface area contributed by atoms with Crippen molar-refractivity contribution >= 4 is 23.2 Å². The molecule has 7 nitrogen and oxygen atoms in total. The first kappa shape index (κ1) is 15.7. The average molecular weight is 330 g/mol. The zero-order valence-electron chi connectivity index (χ0n) is 13.0. The lowest BCUT2D eigenvalue weighted by atomic mass is 10.1. The number of anilines is 1.